The van der Waals surface area contributed by atoms with E-state index in [1.807, 2.05) is 44.2 Å². The van der Waals surface area contributed by atoms with Crippen molar-refractivity contribution in [2.75, 3.05) is 0 Å². The molecule has 1 aromatic carbocycles. The highest BCUT2D eigenvalue weighted by atomic mass is 16.2. The molecule has 0 radical (unpaired) electrons. The molecule has 2 aromatic heterocycles. The maximum Gasteiger partial charge on any atom is 0.332 e. The molecule has 0 bridgehead atoms. The first kappa shape index (κ1) is 18.6. The summed E-state index contributed by atoms with van der Waals surface area (Å²) in [5.74, 6) is -0.0302. The van der Waals surface area contributed by atoms with Gasteiger partial charge < -0.3 is 9.88 Å². The first-order chi connectivity index (χ1) is 12.8. The van der Waals surface area contributed by atoms with E-state index in [-0.39, 0.29) is 35.6 Å². The molecule has 0 aliphatic heterocycles. The van der Waals surface area contributed by atoms with Crippen LogP contribution in [0.4, 0.5) is 0 Å². The van der Waals surface area contributed by atoms with E-state index in [0.29, 0.717) is 0 Å². The van der Waals surface area contributed by atoms with E-state index < -0.39 is 11.2 Å². The van der Waals surface area contributed by atoms with Crippen LogP contribution in [0.25, 0.3) is 11.2 Å². The van der Waals surface area contributed by atoms with Crippen molar-refractivity contribution in [3.63, 3.8) is 0 Å². The van der Waals surface area contributed by atoms with Gasteiger partial charge in [0.05, 0.1) is 12.4 Å². The van der Waals surface area contributed by atoms with Crippen molar-refractivity contribution in [1.82, 2.24) is 24.0 Å². The Labute approximate surface area is 156 Å². The molecule has 3 aromatic rings. The lowest BCUT2D eigenvalue weighted by Crippen LogP contribution is -2.38. The SMILES string of the molecule is CC(C)C(NC(=O)Cn1cnc2c1c(=O)n(C)c(=O)n2C)c1ccccc1. The van der Waals surface area contributed by atoms with Crippen LogP contribution >= 0.6 is 0 Å². The molecule has 8 heteroatoms. The number of hydrogen-bond donors (Lipinski definition) is 1. The minimum Gasteiger partial charge on any atom is -0.347 e. The monoisotopic (exact) mass is 369 g/mol. The number of carbonyl (C=O) groups is 1. The molecule has 1 unspecified atom stereocenters. The first-order valence-corrected chi connectivity index (χ1v) is 8.76. The Morgan fingerprint density at radius 1 is 1.11 bits per heavy atom. The number of carbonyl (C=O) groups excluding carboxylic acids is 1. The minimum atomic E-state index is -0.470. The molecule has 142 valence electrons. The molecule has 0 saturated carbocycles. The molecule has 1 N–H and O–H groups in total. The summed E-state index contributed by atoms with van der Waals surface area (Å²) in [6.45, 7) is 4.02. The molecule has 1 amide bonds. The summed E-state index contributed by atoms with van der Waals surface area (Å²) >= 11 is 0. The smallest absolute Gasteiger partial charge is 0.332 e. The summed E-state index contributed by atoms with van der Waals surface area (Å²) in [6, 6.07) is 9.61. The molecule has 27 heavy (non-hydrogen) atoms. The highest BCUT2D eigenvalue weighted by Crippen LogP contribution is 2.21. The standard InChI is InChI=1S/C19H23N5O3/c1-12(2)15(13-8-6-5-7-9-13)21-14(25)10-24-11-20-17-16(24)18(26)23(4)19(27)22(17)3/h5-9,11-12,15H,10H2,1-4H3,(H,21,25). The highest BCUT2D eigenvalue weighted by molar-refractivity contribution is 5.79. The van der Waals surface area contributed by atoms with Gasteiger partial charge in [-0.05, 0) is 11.5 Å². The van der Waals surface area contributed by atoms with E-state index in [0.717, 1.165) is 10.1 Å². The van der Waals surface area contributed by atoms with Crippen molar-refractivity contribution in [2.24, 2.45) is 20.0 Å². The first-order valence-electron chi connectivity index (χ1n) is 8.76. The molecule has 2 heterocycles. The second-order valence-corrected chi connectivity index (χ2v) is 6.95. The lowest BCUT2D eigenvalue weighted by molar-refractivity contribution is -0.122. The van der Waals surface area contributed by atoms with Gasteiger partial charge in [-0.25, -0.2) is 9.78 Å². The van der Waals surface area contributed by atoms with E-state index in [9.17, 15) is 14.4 Å². The van der Waals surface area contributed by atoms with Gasteiger partial charge in [0.25, 0.3) is 5.56 Å². The second-order valence-electron chi connectivity index (χ2n) is 6.95. The molecule has 8 nitrogen and oxygen atoms in total. The molecule has 0 spiro atoms. The van der Waals surface area contributed by atoms with Crippen LogP contribution in [-0.4, -0.2) is 24.6 Å². The van der Waals surface area contributed by atoms with Crippen molar-refractivity contribution >= 4 is 17.1 Å². The van der Waals surface area contributed by atoms with Crippen LogP contribution in [0.15, 0.2) is 46.2 Å². The van der Waals surface area contributed by atoms with E-state index in [1.165, 1.54) is 22.5 Å². The number of imidazole rings is 1. The lowest BCUT2D eigenvalue weighted by atomic mass is 9.96. The molecule has 0 aliphatic rings. The van der Waals surface area contributed by atoms with E-state index in [2.05, 4.69) is 10.3 Å². The maximum atomic E-state index is 12.7. The lowest BCUT2D eigenvalue weighted by Gasteiger charge is -2.23. The minimum absolute atomic E-state index is 0.0556. The van der Waals surface area contributed by atoms with Crippen LogP contribution in [0.5, 0.6) is 0 Å². The summed E-state index contributed by atoms with van der Waals surface area (Å²) in [5, 5.41) is 3.03. The Balaban J connectivity index is 1.90. The Morgan fingerprint density at radius 2 is 1.78 bits per heavy atom. The number of hydrogen-bond acceptors (Lipinski definition) is 4. The average Bonchev–Trinajstić information content (AvgIpc) is 3.06. The zero-order valence-electron chi connectivity index (χ0n) is 15.8. The number of amides is 1. The molecular formula is C19H23N5O3. The summed E-state index contributed by atoms with van der Waals surface area (Å²) < 4.78 is 3.79. The van der Waals surface area contributed by atoms with Gasteiger partial charge in [0, 0.05) is 14.1 Å². The second kappa shape index (κ2) is 7.22. The number of fused-ring (bicyclic) bond motifs is 1. The Morgan fingerprint density at radius 3 is 2.41 bits per heavy atom. The normalized spacial score (nSPS) is 12.5. The van der Waals surface area contributed by atoms with Gasteiger partial charge in [0.1, 0.15) is 6.54 Å². The molecule has 1 atom stereocenters. The van der Waals surface area contributed by atoms with Gasteiger partial charge in [0.15, 0.2) is 11.2 Å². The van der Waals surface area contributed by atoms with E-state index in [4.69, 9.17) is 0 Å². The van der Waals surface area contributed by atoms with Crippen LogP contribution in [-0.2, 0) is 25.4 Å². The molecule has 3 rings (SSSR count). The third-order valence-corrected chi connectivity index (χ3v) is 4.67. The summed E-state index contributed by atoms with van der Waals surface area (Å²) in [5.41, 5.74) is 0.595. The van der Waals surface area contributed by atoms with Crippen molar-refractivity contribution in [3.8, 4) is 0 Å². The zero-order chi connectivity index (χ0) is 19.7. The fourth-order valence-corrected chi connectivity index (χ4v) is 3.19. The number of aryl methyl sites for hydroxylation is 1. The number of nitrogens with one attached hydrogen (secondary N) is 1. The molecule has 0 fully saturated rings. The highest BCUT2D eigenvalue weighted by Gasteiger charge is 2.20. The van der Waals surface area contributed by atoms with E-state index in [1.54, 1.807) is 7.05 Å². The molecular weight excluding hydrogens is 346 g/mol. The van der Waals surface area contributed by atoms with Gasteiger partial charge >= 0.3 is 5.69 Å². The summed E-state index contributed by atoms with van der Waals surface area (Å²) in [6.07, 6.45) is 1.41. The Hall–Kier alpha value is -3.16. The van der Waals surface area contributed by atoms with Crippen LogP contribution in [0, 0.1) is 5.92 Å². The van der Waals surface area contributed by atoms with Crippen molar-refractivity contribution < 1.29 is 4.79 Å². The third-order valence-electron chi connectivity index (χ3n) is 4.67. The maximum absolute atomic E-state index is 12.7. The number of aromatic nitrogens is 4. The predicted octanol–water partition coefficient (Wildman–Crippen LogP) is 0.947. The quantitative estimate of drug-likeness (QED) is 0.725. The Bertz CT molecular complexity index is 1090. The largest absolute Gasteiger partial charge is 0.347 e. The van der Waals surface area contributed by atoms with Crippen molar-refractivity contribution in [2.45, 2.75) is 26.4 Å². The predicted molar refractivity (Wildman–Crippen MR) is 102 cm³/mol. The molecule has 0 aliphatic carbocycles. The Kier molecular flexibility index (Phi) is 4.98. The third kappa shape index (κ3) is 3.42. The number of benzene rings is 1. The van der Waals surface area contributed by atoms with Gasteiger partial charge in [-0.15, -0.1) is 0 Å². The zero-order valence-corrected chi connectivity index (χ0v) is 15.8. The van der Waals surface area contributed by atoms with Gasteiger partial charge in [0.2, 0.25) is 5.91 Å². The summed E-state index contributed by atoms with van der Waals surface area (Å²) in [7, 11) is 2.96. The summed E-state index contributed by atoms with van der Waals surface area (Å²) in [4.78, 5) is 41.3. The fraction of sp³-hybridized carbons (Fsp3) is 0.368. The average molecular weight is 369 g/mol. The molecule has 0 saturated heterocycles. The van der Waals surface area contributed by atoms with Gasteiger partial charge in [-0.3, -0.25) is 18.7 Å². The number of rotatable bonds is 5. The topological polar surface area (TPSA) is 90.9 Å². The van der Waals surface area contributed by atoms with Crippen LogP contribution < -0.4 is 16.6 Å². The number of nitrogens with zero attached hydrogens (tertiary/aromatic N) is 4. The van der Waals surface area contributed by atoms with Crippen LogP contribution in [0.3, 0.4) is 0 Å². The van der Waals surface area contributed by atoms with Crippen LogP contribution in [0.2, 0.25) is 0 Å². The van der Waals surface area contributed by atoms with Crippen molar-refractivity contribution in [1.29, 1.82) is 0 Å². The van der Waals surface area contributed by atoms with Gasteiger partial charge in [-0.2, -0.15) is 0 Å². The van der Waals surface area contributed by atoms with Crippen LogP contribution in [0.1, 0.15) is 25.5 Å². The fourth-order valence-electron chi connectivity index (χ4n) is 3.19. The van der Waals surface area contributed by atoms with E-state index >= 15 is 0 Å². The van der Waals surface area contributed by atoms with Gasteiger partial charge in [-0.1, -0.05) is 44.2 Å². The van der Waals surface area contributed by atoms with Crippen molar-refractivity contribution in [3.05, 3.63) is 63.1 Å².